The van der Waals surface area contributed by atoms with Crippen molar-refractivity contribution in [1.29, 1.82) is 0 Å². The predicted molar refractivity (Wildman–Crippen MR) is 61.2 cm³/mol. The number of fused-ring (bicyclic) bond motifs is 1. The highest BCUT2D eigenvalue weighted by Crippen LogP contribution is 2.49. The van der Waals surface area contributed by atoms with Crippen molar-refractivity contribution < 1.29 is 24.1 Å². The van der Waals surface area contributed by atoms with E-state index in [-0.39, 0.29) is 0 Å². The van der Waals surface area contributed by atoms with E-state index in [0.717, 1.165) is 0 Å². The lowest BCUT2D eigenvalue weighted by Crippen LogP contribution is -2.15. The molecule has 5 nitrogen and oxygen atoms in total. The third kappa shape index (κ3) is 1.86. The van der Waals surface area contributed by atoms with Gasteiger partial charge in [0.2, 0.25) is 5.75 Å². The molecule has 1 heterocycles. The van der Waals surface area contributed by atoms with E-state index in [1.165, 1.54) is 14.2 Å². The number of methoxy groups -OCH3 is 3. The molecule has 0 fully saturated rings. The van der Waals surface area contributed by atoms with Crippen LogP contribution in [0.25, 0.3) is 0 Å². The standard InChI is InChI=1S/C12H16O5/c1-14-9-6-8-10(7(13)4-5-17-8)12(16-3)11(9)15-2/h6-7,13H,4-5H2,1-3H3/t7-/m0/s1. The van der Waals surface area contributed by atoms with Gasteiger partial charge in [0.05, 0.1) is 39.6 Å². The van der Waals surface area contributed by atoms with Gasteiger partial charge in [0, 0.05) is 12.5 Å². The first-order valence-electron chi connectivity index (χ1n) is 5.36. The van der Waals surface area contributed by atoms with Crippen LogP contribution < -0.4 is 18.9 Å². The van der Waals surface area contributed by atoms with Crippen LogP contribution in [0.4, 0.5) is 0 Å². The van der Waals surface area contributed by atoms with Crippen LogP contribution in [-0.2, 0) is 0 Å². The topological polar surface area (TPSA) is 57.2 Å². The summed E-state index contributed by atoms with van der Waals surface area (Å²) in [5.74, 6) is 2.04. The summed E-state index contributed by atoms with van der Waals surface area (Å²) in [5.41, 5.74) is 0.622. The second-order valence-corrected chi connectivity index (χ2v) is 3.71. The summed E-state index contributed by atoms with van der Waals surface area (Å²) in [6.45, 7) is 0.479. The first-order valence-corrected chi connectivity index (χ1v) is 5.36. The minimum atomic E-state index is -0.603. The van der Waals surface area contributed by atoms with Crippen LogP contribution in [0.3, 0.4) is 0 Å². The van der Waals surface area contributed by atoms with Crippen LogP contribution in [-0.4, -0.2) is 33.0 Å². The molecule has 1 N–H and O–H groups in total. The van der Waals surface area contributed by atoms with Crippen LogP contribution >= 0.6 is 0 Å². The molecule has 2 rings (SSSR count). The highest BCUT2D eigenvalue weighted by Gasteiger charge is 2.29. The van der Waals surface area contributed by atoms with Crippen molar-refractivity contribution in [2.75, 3.05) is 27.9 Å². The minimum Gasteiger partial charge on any atom is -0.493 e. The Morgan fingerprint density at radius 2 is 1.88 bits per heavy atom. The molecule has 0 amide bonds. The molecule has 0 saturated carbocycles. The summed E-state index contributed by atoms with van der Waals surface area (Å²) in [4.78, 5) is 0. The zero-order valence-corrected chi connectivity index (χ0v) is 10.1. The van der Waals surface area contributed by atoms with Gasteiger partial charge in [-0.25, -0.2) is 0 Å². The lowest BCUT2D eigenvalue weighted by atomic mass is 10.0. The Kier molecular flexibility index (Phi) is 3.28. The van der Waals surface area contributed by atoms with E-state index in [4.69, 9.17) is 18.9 Å². The van der Waals surface area contributed by atoms with E-state index >= 15 is 0 Å². The molecule has 1 atom stereocenters. The minimum absolute atomic E-state index is 0.467. The van der Waals surface area contributed by atoms with E-state index in [9.17, 15) is 5.11 Å². The summed E-state index contributed by atoms with van der Waals surface area (Å²) in [6.07, 6.45) is -0.0627. The highest BCUT2D eigenvalue weighted by atomic mass is 16.5. The van der Waals surface area contributed by atoms with Gasteiger partial charge in [0.1, 0.15) is 5.75 Å². The van der Waals surface area contributed by atoms with Gasteiger partial charge in [0.15, 0.2) is 11.5 Å². The van der Waals surface area contributed by atoms with Crippen molar-refractivity contribution >= 4 is 0 Å². The van der Waals surface area contributed by atoms with Crippen molar-refractivity contribution in [3.05, 3.63) is 11.6 Å². The first-order chi connectivity index (χ1) is 8.22. The summed E-state index contributed by atoms with van der Waals surface area (Å²) in [6, 6.07) is 1.71. The third-order valence-electron chi connectivity index (χ3n) is 2.81. The molecular weight excluding hydrogens is 224 g/mol. The van der Waals surface area contributed by atoms with E-state index in [2.05, 4.69) is 0 Å². The maximum absolute atomic E-state index is 10.0. The van der Waals surface area contributed by atoms with Gasteiger partial charge < -0.3 is 24.1 Å². The van der Waals surface area contributed by atoms with Crippen molar-refractivity contribution in [1.82, 2.24) is 0 Å². The molecule has 0 spiro atoms. The second-order valence-electron chi connectivity index (χ2n) is 3.71. The van der Waals surface area contributed by atoms with E-state index in [0.29, 0.717) is 41.6 Å². The number of hydrogen-bond donors (Lipinski definition) is 1. The van der Waals surface area contributed by atoms with Crippen molar-refractivity contribution in [2.45, 2.75) is 12.5 Å². The SMILES string of the molecule is COc1cc2c(c(OC)c1OC)[C@@H](O)CCO2. The molecule has 1 aliphatic rings. The molecule has 0 bridgehead atoms. The number of aliphatic hydroxyl groups excluding tert-OH is 1. The fourth-order valence-corrected chi connectivity index (χ4v) is 2.02. The molecule has 94 valence electrons. The zero-order chi connectivity index (χ0) is 12.4. The average Bonchev–Trinajstić information content (AvgIpc) is 2.36. The number of rotatable bonds is 3. The Bertz CT molecular complexity index is 416. The van der Waals surface area contributed by atoms with Crippen LogP contribution in [0.1, 0.15) is 18.1 Å². The Morgan fingerprint density at radius 3 is 2.47 bits per heavy atom. The van der Waals surface area contributed by atoms with Crippen molar-refractivity contribution in [2.24, 2.45) is 0 Å². The Morgan fingerprint density at radius 1 is 1.18 bits per heavy atom. The van der Waals surface area contributed by atoms with Gasteiger partial charge in [0.25, 0.3) is 0 Å². The molecule has 0 saturated heterocycles. The van der Waals surface area contributed by atoms with Crippen LogP contribution in [0.15, 0.2) is 6.07 Å². The lowest BCUT2D eigenvalue weighted by molar-refractivity contribution is 0.110. The fraction of sp³-hybridized carbons (Fsp3) is 0.500. The molecule has 0 radical (unpaired) electrons. The smallest absolute Gasteiger partial charge is 0.203 e. The second kappa shape index (κ2) is 4.71. The summed E-state index contributed by atoms with van der Waals surface area (Å²) < 4.78 is 21.3. The first kappa shape index (κ1) is 11.9. The van der Waals surface area contributed by atoms with E-state index in [1.54, 1.807) is 13.2 Å². The monoisotopic (exact) mass is 240 g/mol. The van der Waals surface area contributed by atoms with Crippen molar-refractivity contribution in [3.8, 4) is 23.0 Å². The predicted octanol–water partition coefficient (Wildman–Crippen LogP) is 1.53. The Balaban J connectivity index is 2.65. The molecule has 0 aliphatic carbocycles. The zero-order valence-electron chi connectivity index (χ0n) is 10.1. The number of hydrogen-bond acceptors (Lipinski definition) is 5. The normalized spacial score (nSPS) is 18.0. The fourth-order valence-electron chi connectivity index (χ4n) is 2.02. The third-order valence-corrected chi connectivity index (χ3v) is 2.81. The average molecular weight is 240 g/mol. The van der Waals surface area contributed by atoms with Gasteiger partial charge in [-0.2, -0.15) is 0 Å². The maximum Gasteiger partial charge on any atom is 0.203 e. The van der Waals surface area contributed by atoms with E-state index < -0.39 is 6.10 Å². The van der Waals surface area contributed by atoms with E-state index in [1.807, 2.05) is 0 Å². The van der Waals surface area contributed by atoms with Crippen LogP contribution in [0.5, 0.6) is 23.0 Å². The van der Waals surface area contributed by atoms with Gasteiger partial charge >= 0.3 is 0 Å². The molecule has 17 heavy (non-hydrogen) atoms. The summed E-state index contributed by atoms with van der Waals surface area (Å²) in [7, 11) is 4.60. The van der Waals surface area contributed by atoms with Crippen molar-refractivity contribution in [3.63, 3.8) is 0 Å². The highest BCUT2D eigenvalue weighted by molar-refractivity contribution is 5.62. The van der Waals surface area contributed by atoms with Gasteiger partial charge in [-0.1, -0.05) is 0 Å². The number of ether oxygens (including phenoxy) is 4. The molecule has 1 aliphatic heterocycles. The molecule has 1 aromatic rings. The van der Waals surface area contributed by atoms with Gasteiger partial charge in [-0.15, -0.1) is 0 Å². The largest absolute Gasteiger partial charge is 0.493 e. The molecular formula is C12H16O5. The van der Waals surface area contributed by atoms with Gasteiger partial charge in [-0.05, 0) is 0 Å². The van der Waals surface area contributed by atoms with Gasteiger partial charge in [-0.3, -0.25) is 0 Å². The maximum atomic E-state index is 10.0. The molecule has 5 heteroatoms. The molecule has 0 unspecified atom stereocenters. The Hall–Kier alpha value is -1.62. The van der Waals surface area contributed by atoms with Crippen LogP contribution in [0, 0.1) is 0 Å². The lowest BCUT2D eigenvalue weighted by Gasteiger charge is -2.26. The number of benzene rings is 1. The summed E-state index contributed by atoms with van der Waals surface area (Å²) >= 11 is 0. The molecule has 1 aromatic carbocycles. The number of aliphatic hydroxyl groups is 1. The quantitative estimate of drug-likeness (QED) is 0.868. The summed E-state index contributed by atoms with van der Waals surface area (Å²) in [5, 5.41) is 10.0. The van der Waals surface area contributed by atoms with Crippen LogP contribution in [0.2, 0.25) is 0 Å². The molecule has 0 aromatic heterocycles. The Labute approximate surface area is 99.9 Å².